The van der Waals surface area contributed by atoms with Gasteiger partial charge in [0, 0.05) is 0 Å². The highest BCUT2D eigenvalue weighted by atomic mass is 28.2. The smallest absolute Gasteiger partial charge is 0.307 e. The van der Waals surface area contributed by atoms with Crippen molar-refractivity contribution in [3.8, 4) is 5.75 Å². The SMILES string of the molecule is C[Si]Oc1cccc(C)c1C. The highest BCUT2D eigenvalue weighted by Crippen LogP contribution is 2.19. The molecule has 0 saturated carbocycles. The van der Waals surface area contributed by atoms with Crippen molar-refractivity contribution < 1.29 is 4.43 Å². The van der Waals surface area contributed by atoms with Crippen LogP contribution in [0.3, 0.4) is 0 Å². The van der Waals surface area contributed by atoms with Gasteiger partial charge in [-0.3, -0.25) is 0 Å². The zero-order valence-electron chi connectivity index (χ0n) is 7.14. The lowest BCUT2D eigenvalue weighted by Crippen LogP contribution is -1.98. The van der Waals surface area contributed by atoms with E-state index in [1.165, 1.54) is 11.1 Å². The molecule has 0 atom stereocenters. The van der Waals surface area contributed by atoms with Gasteiger partial charge < -0.3 is 4.43 Å². The lowest BCUT2D eigenvalue weighted by molar-refractivity contribution is 0.593. The highest BCUT2D eigenvalue weighted by molar-refractivity contribution is 6.26. The maximum Gasteiger partial charge on any atom is 0.307 e. The maximum absolute atomic E-state index is 5.45. The molecule has 0 unspecified atom stereocenters. The number of rotatable bonds is 2. The van der Waals surface area contributed by atoms with Crippen molar-refractivity contribution >= 4 is 9.76 Å². The summed E-state index contributed by atoms with van der Waals surface area (Å²) in [7, 11) is 0.528. The fourth-order valence-electron chi connectivity index (χ4n) is 0.945. The number of aryl methyl sites for hydroxylation is 1. The Bertz CT molecular complexity index is 245. The molecule has 0 heterocycles. The minimum atomic E-state index is 0.528. The van der Waals surface area contributed by atoms with Gasteiger partial charge in [-0.15, -0.1) is 0 Å². The third-order valence-corrected chi connectivity index (χ3v) is 2.19. The van der Waals surface area contributed by atoms with E-state index in [0.29, 0.717) is 9.76 Å². The summed E-state index contributed by atoms with van der Waals surface area (Å²) < 4.78 is 5.45. The first-order valence-corrected chi connectivity index (χ1v) is 5.06. The van der Waals surface area contributed by atoms with Gasteiger partial charge in [-0.1, -0.05) is 12.1 Å². The van der Waals surface area contributed by atoms with Crippen molar-refractivity contribution in [2.45, 2.75) is 20.4 Å². The van der Waals surface area contributed by atoms with E-state index in [0.717, 1.165) is 5.75 Å². The summed E-state index contributed by atoms with van der Waals surface area (Å²) in [5.74, 6) is 1.02. The topological polar surface area (TPSA) is 9.23 Å². The molecule has 0 aromatic heterocycles. The molecule has 0 aliphatic carbocycles. The zero-order valence-corrected chi connectivity index (χ0v) is 8.14. The Labute approximate surface area is 70.3 Å². The van der Waals surface area contributed by atoms with Crippen LogP contribution in [-0.4, -0.2) is 9.76 Å². The van der Waals surface area contributed by atoms with Gasteiger partial charge in [0.25, 0.3) is 0 Å². The van der Waals surface area contributed by atoms with Crippen molar-refractivity contribution in [2.24, 2.45) is 0 Å². The van der Waals surface area contributed by atoms with Crippen LogP contribution in [0.1, 0.15) is 11.1 Å². The van der Waals surface area contributed by atoms with E-state index in [2.05, 4.69) is 19.9 Å². The molecule has 1 rings (SSSR count). The van der Waals surface area contributed by atoms with Crippen molar-refractivity contribution in [3.05, 3.63) is 29.3 Å². The van der Waals surface area contributed by atoms with Crippen molar-refractivity contribution in [3.63, 3.8) is 0 Å². The molecule has 0 saturated heterocycles. The first-order valence-electron chi connectivity index (χ1n) is 3.65. The molecule has 0 fully saturated rings. The monoisotopic (exact) mass is 164 g/mol. The average molecular weight is 164 g/mol. The molecular formula is C9H12OSi. The molecular weight excluding hydrogens is 152 g/mol. The van der Waals surface area contributed by atoms with E-state index in [-0.39, 0.29) is 0 Å². The summed E-state index contributed by atoms with van der Waals surface area (Å²) in [6.07, 6.45) is 0. The Balaban J connectivity index is 2.96. The minimum Gasteiger partial charge on any atom is -0.541 e. The minimum absolute atomic E-state index is 0.528. The second-order valence-corrected chi connectivity index (χ2v) is 3.12. The van der Waals surface area contributed by atoms with Crippen LogP contribution < -0.4 is 4.43 Å². The molecule has 1 nitrogen and oxygen atoms in total. The third-order valence-electron chi connectivity index (χ3n) is 1.77. The Morgan fingerprint density at radius 3 is 2.64 bits per heavy atom. The van der Waals surface area contributed by atoms with Crippen molar-refractivity contribution in [1.82, 2.24) is 0 Å². The number of hydrogen-bond donors (Lipinski definition) is 0. The first kappa shape index (κ1) is 8.33. The van der Waals surface area contributed by atoms with E-state index in [1.807, 2.05) is 18.7 Å². The lowest BCUT2D eigenvalue weighted by Gasteiger charge is -2.07. The summed E-state index contributed by atoms with van der Waals surface area (Å²) >= 11 is 0. The first-order chi connectivity index (χ1) is 5.25. The van der Waals surface area contributed by atoms with Crippen LogP contribution in [0.5, 0.6) is 5.75 Å². The molecule has 0 amide bonds. The molecule has 0 bridgehead atoms. The van der Waals surface area contributed by atoms with Gasteiger partial charge in [0.05, 0.1) is 0 Å². The van der Waals surface area contributed by atoms with E-state index >= 15 is 0 Å². The van der Waals surface area contributed by atoms with Crippen molar-refractivity contribution in [1.29, 1.82) is 0 Å². The third kappa shape index (κ3) is 1.83. The van der Waals surface area contributed by atoms with Crippen LogP contribution in [0, 0.1) is 13.8 Å². The predicted octanol–water partition coefficient (Wildman–Crippen LogP) is 2.35. The summed E-state index contributed by atoms with van der Waals surface area (Å²) in [6, 6.07) is 6.14. The summed E-state index contributed by atoms with van der Waals surface area (Å²) in [6.45, 7) is 6.22. The Morgan fingerprint density at radius 1 is 1.27 bits per heavy atom. The Kier molecular flexibility index (Phi) is 2.71. The fraction of sp³-hybridized carbons (Fsp3) is 0.333. The normalized spacial score (nSPS) is 9.73. The standard InChI is InChI=1S/C9H12OSi/c1-7-5-4-6-9(8(7)2)10-11-3/h4-6H,1-3H3. The molecule has 0 N–H and O–H groups in total. The van der Waals surface area contributed by atoms with Gasteiger partial charge in [-0.25, -0.2) is 0 Å². The fourth-order valence-corrected chi connectivity index (χ4v) is 1.39. The maximum atomic E-state index is 5.45. The van der Waals surface area contributed by atoms with Crippen LogP contribution in [-0.2, 0) is 0 Å². The van der Waals surface area contributed by atoms with E-state index in [4.69, 9.17) is 4.43 Å². The molecule has 2 radical (unpaired) electrons. The van der Waals surface area contributed by atoms with E-state index in [1.54, 1.807) is 0 Å². The van der Waals surface area contributed by atoms with Crippen LogP contribution in [0.4, 0.5) is 0 Å². The molecule has 0 aliphatic rings. The Morgan fingerprint density at radius 2 is 2.00 bits per heavy atom. The van der Waals surface area contributed by atoms with Crippen LogP contribution in [0.25, 0.3) is 0 Å². The quantitative estimate of drug-likeness (QED) is 0.610. The van der Waals surface area contributed by atoms with E-state index in [9.17, 15) is 0 Å². The molecule has 0 spiro atoms. The van der Waals surface area contributed by atoms with Gasteiger partial charge in [0.15, 0.2) is 0 Å². The van der Waals surface area contributed by atoms with Gasteiger partial charge in [-0.05, 0) is 37.6 Å². The largest absolute Gasteiger partial charge is 0.541 e. The van der Waals surface area contributed by atoms with E-state index < -0.39 is 0 Å². The zero-order chi connectivity index (χ0) is 8.27. The highest BCUT2D eigenvalue weighted by Gasteiger charge is 1.98. The molecule has 58 valence electrons. The van der Waals surface area contributed by atoms with Crippen molar-refractivity contribution in [2.75, 3.05) is 0 Å². The van der Waals surface area contributed by atoms with Crippen LogP contribution in [0.15, 0.2) is 18.2 Å². The second kappa shape index (κ2) is 3.58. The molecule has 1 aromatic carbocycles. The lowest BCUT2D eigenvalue weighted by atomic mass is 10.1. The second-order valence-electron chi connectivity index (χ2n) is 2.50. The molecule has 11 heavy (non-hydrogen) atoms. The summed E-state index contributed by atoms with van der Waals surface area (Å²) in [4.78, 5) is 0. The average Bonchev–Trinajstić information content (AvgIpc) is 1.99. The number of benzene rings is 1. The summed E-state index contributed by atoms with van der Waals surface area (Å²) in [5.41, 5.74) is 2.54. The molecule has 1 aromatic rings. The van der Waals surface area contributed by atoms with Gasteiger partial charge in [-0.2, -0.15) is 0 Å². The summed E-state index contributed by atoms with van der Waals surface area (Å²) in [5, 5.41) is 0. The van der Waals surface area contributed by atoms with Gasteiger partial charge >= 0.3 is 9.76 Å². The Hall–Kier alpha value is -0.763. The molecule has 0 aliphatic heterocycles. The van der Waals surface area contributed by atoms with Gasteiger partial charge in [0.1, 0.15) is 5.75 Å². The van der Waals surface area contributed by atoms with Gasteiger partial charge in [0.2, 0.25) is 0 Å². The number of hydrogen-bond acceptors (Lipinski definition) is 1. The predicted molar refractivity (Wildman–Crippen MR) is 48.2 cm³/mol. The van der Waals surface area contributed by atoms with Crippen LogP contribution in [0.2, 0.25) is 6.55 Å². The van der Waals surface area contributed by atoms with Crippen LogP contribution >= 0.6 is 0 Å². The molecule has 2 heteroatoms.